The van der Waals surface area contributed by atoms with E-state index in [-0.39, 0.29) is 5.91 Å². The zero-order valence-corrected chi connectivity index (χ0v) is 4.51. The van der Waals surface area contributed by atoms with Crippen molar-refractivity contribution in [2.45, 2.75) is 0 Å². The number of carbonyl (C=O) groups excluding carboxylic acids is 1. The first kappa shape index (κ1) is 6.81. The zero-order chi connectivity index (χ0) is 6.41. The van der Waals surface area contributed by atoms with Crippen LogP contribution in [0.4, 0.5) is 0 Å². The van der Waals surface area contributed by atoms with Crippen molar-refractivity contribution in [2.75, 3.05) is 7.05 Å². The van der Waals surface area contributed by atoms with Gasteiger partial charge in [0.1, 0.15) is 6.34 Å². The van der Waals surface area contributed by atoms with E-state index in [0.29, 0.717) is 0 Å². The van der Waals surface area contributed by atoms with Gasteiger partial charge in [-0.2, -0.15) is 0 Å². The number of nitrogens with zero attached hydrogens (tertiary/aromatic N) is 1. The van der Waals surface area contributed by atoms with E-state index in [1.54, 1.807) is 0 Å². The molecule has 0 fully saturated rings. The average molecular weight is 113 g/mol. The molecule has 8 heavy (non-hydrogen) atoms. The highest BCUT2D eigenvalue weighted by molar-refractivity contribution is 6.27. The Hall–Kier alpha value is -1.19. The molecule has 0 aromatic heterocycles. The van der Waals surface area contributed by atoms with Gasteiger partial charge in [-0.25, -0.2) is 4.99 Å². The summed E-state index contributed by atoms with van der Waals surface area (Å²) in [7, 11) is 1.50. The Morgan fingerprint density at radius 1 is 1.88 bits per heavy atom. The van der Waals surface area contributed by atoms with Crippen molar-refractivity contribution in [2.24, 2.45) is 4.99 Å². The van der Waals surface area contributed by atoms with Crippen molar-refractivity contribution in [1.82, 2.24) is 5.32 Å². The molecule has 0 bridgehead atoms. The summed E-state index contributed by atoms with van der Waals surface area (Å²) in [4.78, 5) is 13.5. The Labute approximate surface area is 47.1 Å². The van der Waals surface area contributed by atoms with E-state index in [4.69, 9.17) is 5.41 Å². The predicted molar refractivity (Wildman–Crippen MR) is 31.3 cm³/mol. The van der Waals surface area contributed by atoms with Crippen LogP contribution in [0.15, 0.2) is 4.99 Å². The minimum Gasteiger partial charge on any atom is -0.354 e. The Kier molecular flexibility index (Phi) is 3.39. The molecule has 1 amide bonds. The fourth-order valence-corrected chi connectivity index (χ4v) is 0.170. The number of carbonyl (C=O) groups is 1. The maximum absolute atomic E-state index is 10.2. The molecule has 0 spiro atoms. The van der Waals surface area contributed by atoms with Crippen LogP contribution in [0.1, 0.15) is 0 Å². The average Bonchev–Trinajstić information content (AvgIpc) is 1.83. The molecule has 0 unspecified atom stereocenters. The van der Waals surface area contributed by atoms with E-state index >= 15 is 0 Å². The predicted octanol–water partition coefficient (Wildman–Crippen LogP) is -0.590. The number of amides is 1. The third-order valence-electron chi connectivity index (χ3n) is 0.513. The van der Waals surface area contributed by atoms with Crippen LogP contribution < -0.4 is 5.32 Å². The molecule has 0 aliphatic carbocycles. The molecule has 0 aliphatic rings. The first-order valence-electron chi connectivity index (χ1n) is 2.05. The first-order chi connectivity index (χ1) is 3.81. The SMILES string of the molecule is CNC(=O)C=NC=N. The van der Waals surface area contributed by atoms with Gasteiger partial charge in [-0.3, -0.25) is 10.2 Å². The van der Waals surface area contributed by atoms with Gasteiger partial charge in [0.05, 0.1) is 6.21 Å². The van der Waals surface area contributed by atoms with E-state index in [0.717, 1.165) is 12.6 Å². The molecular weight excluding hydrogens is 106 g/mol. The topological polar surface area (TPSA) is 65.3 Å². The van der Waals surface area contributed by atoms with Gasteiger partial charge in [-0.1, -0.05) is 0 Å². The number of hydrogen-bond donors (Lipinski definition) is 2. The summed E-state index contributed by atoms with van der Waals surface area (Å²) in [5, 5.41) is 8.68. The quantitative estimate of drug-likeness (QED) is 0.365. The molecule has 0 saturated heterocycles. The molecule has 0 heterocycles. The largest absolute Gasteiger partial charge is 0.354 e. The van der Waals surface area contributed by atoms with Crippen LogP contribution in [-0.2, 0) is 4.79 Å². The normalized spacial score (nSPS) is 9.12. The van der Waals surface area contributed by atoms with Crippen LogP contribution in [0.5, 0.6) is 0 Å². The molecule has 44 valence electrons. The summed E-state index contributed by atoms with van der Waals surface area (Å²) in [6, 6.07) is 0. The monoisotopic (exact) mass is 113 g/mol. The highest BCUT2D eigenvalue weighted by Gasteiger charge is 1.84. The van der Waals surface area contributed by atoms with Crippen LogP contribution in [0.2, 0.25) is 0 Å². The molecule has 4 heteroatoms. The van der Waals surface area contributed by atoms with Crippen LogP contribution in [0.25, 0.3) is 0 Å². The van der Waals surface area contributed by atoms with Crippen molar-refractivity contribution in [3.63, 3.8) is 0 Å². The molecule has 0 rings (SSSR count). The van der Waals surface area contributed by atoms with Crippen molar-refractivity contribution in [3.8, 4) is 0 Å². The molecule has 4 nitrogen and oxygen atoms in total. The molecule has 2 N–H and O–H groups in total. The fourth-order valence-electron chi connectivity index (χ4n) is 0.170. The Morgan fingerprint density at radius 2 is 2.50 bits per heavy atom. The number of hydrogen-bond acceptors (Lipinski definition) is 2. The highest BCUT2D eigenvalue weighted by atomic mass is 16.1. The van der Waals surface area contributed by atoms with Crippen molar-refractivity contribution < 1.29 is 4.79 Å². The van der Waals surface area contributed by atoms with E-state index in [1.165, 1.54) is 7.05 Å². The van der Waals surface area contributed by atoms with Crippen LogP contribution in [-0.4, -0.2) is 25.5 Å². The maximum Gasteiger partial charge on any atom is 0.262 e. The first-order valence-corrected chi connectivity index (χ1v) is 2.05. The van der Waals surface area contributed by atoms with Gasteiger partial charge in [0.25, 0.3) is 5.91 Å². The summed E-state index contributed by atoms with van der Waals surface area (Å²) in [5.74, 6) is -0.298. The van der Waals surface area contributed by atoms with Crippen LogP contribution in [0, 0.1) is 5.41 Å². The minimum atomic E-state index is -0.298. The number of rotatable bonds is 2. The number of nitrogens with one attached hydrogen (secondary N) is 2. The van der Waals surface area contributed by atoms with Gasteiger partial charge in [0.15, 0.2) is 0 Å². The third kappa shape index (κ3) is 3.02. The molecule has 0 saturated carbocycles. The van der Waals surface area contributed by atoms with Crippen molar-refractivity contribution >= 4 is 18.5 Å². The van der Waals surface area contributed by atoms with Crippen LogP contribution in [0.3, 0.4) is 0 Å². The van der Waals surface area contributed by atoms with Crippen molar-refractivity contribution in [3.05, 3.63) is 0 Å². The van der Waals surface area contributed by atoms with Gasteiger partial charge in [-0.05, 0) is 0 Å². The van der Waals surface area contributed by atoms with Gasteiger partial charge in [0.2, 0.25) is 0 Å². The van der Waals surface area contributed by atoms with Gasteiger partial charge in [0, 0.05) is 7.05 Å². The summed E-state index contributed by atoms with van der Waals surface area (Å²) in [5.41, 5.74) is 0. The lowest BCUT2D eigenvalue weighted by Crippen LogP contribution is -2.18. The molecule has 0 aromatic rings. The maximum atomic E-state index is 10.2. The van der Waals surface area contributed by atoms with E-state index < -0.39 is 0 Å². The third-order valence-corrected chi connectivity index (χ3v) is 0.513. The molecule has 0 aromatic carbocycles. The second-order valence-electron chi connectivity index (χ2n) is 1.02. The zero-order valence-electron chi connectivity index (χ0n) is 4.51. The van der Waals surface area contributed by atoms with E-state index in [9.17, 15) is 4.79 Å². The van der Waals surface area contributed by atoms with Gasteiger partial charge < -0.3 is 5.32 Å². The fraction of sp³-hybridized carbons (Fsp3) is 0.250. The lowest BCUT2D eigenvalue weighted by Gasteiger charge is -1.83. The molecule has 0 aliphatic heterocycles. The lowest BCUT2D eigenvalue weighted by molar-refractivity contribution is -0.113. The second kappa shape index (κ2) is 3.98. The van der Waals surface area contributed by atoms with Crippen LogP contribution >= 0.6 is 0 Å². The number of aliphatic imine (C=N–C) groups is 1. The summed E-state index contributed by atoms with van der Waals surface area (Å²) in [6.07, 6.45) is 1.84. The molecular formula is C4H7N3O. The Balaban J connectivity index is 3.52. The standard InChI is InChI=1S/C4H7N3O/c1-6-4(8)2-7-3-5/h2-3,5H,1H3,(H,6,8). The minimum absolute atomic E-state index is 0.298. The highest BCUT2D eigenvalue weighted by Crippen LogP contribution is 1.54. The van der Waals surface area contributed by atoms with Gasteiger partial charge in [-0.15, -0.1) is 0 Å². The molecule has 0 atom stereocenters. The van der Waals surface area contributed by atoms with Gasteiger partial charge >= 0.3 is 0 Å². The molecule has 0 radical (unpaired) electrons. The summed E-state index contributed by atoms with van der Waals surface area (Å²) >= 11 is 0. The second-order valence-corrected chi connectivity index (χ2v) is 1.02. The van der Waals surface area contributed by atoms with Crippen molar-refractivity contribution in [1.29, 1.82) is 5.41 Å². The van der Waals surface area contributed by atoms with E-state index in [1.807, 2.05) is 0 Å². The summed E-state index contributed by atoms with van der Waals surface area (Å²) < 4.78 is 0. The lowest BCUT2D eigenvalue weighted by atomic mass is 10.7. The smallest absolute Gasteiger partial charge is 0.262 e. The van der Waals surface area contributed by atoms with E-state index in [2.05, 4.69) is 10.3 Å². The Morgan fingerprint density at radius 3 is 2.88 bits per heavy atom. The summed E-state index contributed by atoms with van der Waals surface area (Å²) in [6.45, 7) is 0. The Bertz CT molecular complexity index is 118.